The smallest absolute Gasteiger partial charge is 0.355 e. The van der Waals surface area contributed by atoms with E-state index in [2.05, 4.69) is 4.98 Å². The molecule has 3 aromatic rings. The molecule has 2 heterocycles. The Kier molecular flexibility index (Phi) is 3.16. The summed E-state index contributed by atoms with van der Waals surface area (Å²) >= 11 is 6.01. The predicted molar refractivity (Wildman–Crippen MR) is 77.0 cm³/mol. The average Bonchev–Trinajstić information content (AvgIpc) is 2.90. The summed E-state index contributed by atoms with van der Waals surface area (Å²) in [5.74, 6) is 0.250. The van der Waals surface area contributed by atoms with Crippen molar-refractivity contribution in [3.8, 4) is 11.4 Å². The van der Waals surface area contributed by atoms with Gasteiger partial charge < -0.3 is 4.74 Å². The quantitative estimate of drug-likeness (QED) is 0.678. The largest absolute Gasteiger partial charge is 0.464 e. The molecule has 0 spiro atoms. The summed E-state index contributed by atoms with van der Waals surface area (Å²) in [6.45, 7) is 0. The lowest BCUT2D eigenvalue weighted by atomic mass is 10.2. The second kappa shape index (κ2) is 4.98. The van der Waals surface area contributed by atoms with Crippen LogP contribution in [0.1, 0.15) is 10.5 Å². The highest BCUT2D eigenvalue weighted by Gasteiger charge is 2.15. The molecule has 0 saturated carbocycles. The van der Waals surface area contributed by atoms with Crippen LogP contribution in [0.4, 0.5) is 0 Å². The number of halogens is 1. The molecular formula is C15H11ClN2O2. The van der Waals surface area contributed by atoms with Crippen LogP contribution in [0.3, 0.4) is 0 Å². The molecule has 4 nitrogen and oxygen atoms in total. The lowest BCUT2D eigenvalue weighted by molar-refractivity contribution is 0.0592. The van der Waals surface area contributed by atoms with Crippen LogP contribution in [0.2, 0.25) is 5.02 Å². The zero-order valence-corrected chi connectivity index (χ0v) is 11.5. The molecule has 0 atom stereocenters. The van der Waals surface area contributed by atoms with Gasteiger partial charge in [0.25, 0.3) is 0 Å². The molecular weight excluding hydrogens is 276 g/mol. The van der Waals surface area contributed by atoms with Gasteiger partial charge in [0.2, 0.25) is 0 Å². The maximum absolute atomic E-state index is 11.9. The van der Waals surface area contributed by atoms with Gasteiger partial charge in [-0.05, 0) is 24.3 Å². The van der Waals surface area contributed by atoms with Crippen LogP contribution < -0.4 is 0 Å². The van der Waals surface area contributed by atoms with Crippen molar-refractivity contribution >= 4 is 23.1 Å². The summed E-state index contributed by atoms with van der Waals surface area (Å²) in [5.41, 5.74) is 2.09. The highest BCUT2D eigenvalue weighted by molar-refractivity contribution is 6.30. The third-order valence-electron chi connectivity index (χ3n) is 3.03. The number of imidazole rings is 1. The van der Waals surface area contributed by atoms with Gasteiger partial charge in [-0.2, -0.15) is 0 Å². The van der Waals surface area contributed by atoms with Gasteiger partial charge in [-0.25, -0.2) is 9.78 Å². The zero-order valence-electron chi connectivity index (χ0n) is 10.7. The predicted octanol–water partition coefficient (Wildman–Crippen LogP) is 3.44. The van der Waals surface area contributed by atoms with Gasteiger partial charge in [0, 0.05) is 10.6 Å². The van der Waals surface area contributed by atoms with E-state index >= 15 is 0 Å². The molecule has 100 valence electrons. The third kappa shape index (κ3) is 2.04. The number of aromatic nitrogens is 2. The lowest BCUT2D eigenvalue weighted by Gasteiger charge is -2.07. The molecule has 0 fully saturated rings. The second-order valence-electron chi connectivity index (χ2n) is 4.26. The Morgan fingerprint density at radius 2 is 2.05 bits per heavy atom. The minimum absolute atomic E-state index is 0.406. The highest BCUT2D eigenvalue weighted by atomic mass is 35.5. The maximum Gasteiger partial charge on any atom is 0.355 e. The Balaban J connectivity index is 2.29. The Labute approximate surface area is 120 Å². The molecule has 0 N–H and O–H groups in total. The van der Waals surface area contributed by atoms with Crippen molar-refractivity contribution in [3.05, 3.63) is 59.4 Å². The van der Waals surface area contributed by atoms with Crippen LogP contribution in [-0.4, -0.2) is 22.5 Å². The van der Waals surface area contributed by atoms with E-state index in [0.717, 1.165) is 11.1 Å². The summed E-state index contributed by atoms with van der Waals surface area (Å²) in [5, 5.41) is 0.620. The molecule has 0 aliphatic carbocycles. The van der Waals surface area contributed by atoms with Gasteiger partial charge in [0.15, 0.2) is 0 Å². The number of hydrogen-bond donors (Lipinski definition) is 0. The van der Waals surface area contributed by atoms with E-state index in [1.807, 2.05) is 24.3 Å². The van der Waals surface area contributed by atoms with E-state index < -0.39 is 5.97 Å². The van der Waals surface area contributed by atoms with Gasteiger partial charge in [-0.3, -0.25) is 4.40 Å². The number of carbonyl (C=O) groups is 1. The molecule has 0 unspecified atom stereocenters. The van der Waals surface area contributed by atoms with E-state index in [1.54, 1.807) is 28.8 Å². The first-order chi connectivity index (χ1) is 9.70. The van der Waals surface area contributed by atoms with Crippen molar-refractivity contribution in [1.82, 2.24) is 9.38 Å². The minimum Gasteiger partial charge on any atom is -0.464 e. The molecule has 3 rings (SSSR count). The second-order valence-corrected chi connectivity index (χ2v) is 4.69. The van der Waals surface area contributed by atoms with Crippen molar-refractivity contribution < 1.29 is 9.53 Å². The Bertz CT molecular complexity index is 795. The van der Waals surface area contributed by atoms with Crippen LogP contribution in [-0.2, 0) is 4.74 Å². The number of methoxy groups -OCH3 is 1. The number of carbonyl (C=O) groups excluding carboxylic acids is 1. The van der Waals surface area contributed by atoms with E-state index in [1.165, 1.54) is 7.11 Å². The molecule has 5 heteroatoms. The lowest BCUT2D eigenvalue weighted by Crippen LogP contribution is -2.08. The van der Waals surface area contributed by atoms with E-state index in [-0.39, 0.29) is 0 Å². The molecule has 0 saturated heterocycles. The topological polar surface area (TPSA) is 43.6 Å². The monoisotopic (exact) mass is 286 g/mol. The normalized spacial score (nSPS) is 10.7. The van der Waals surface area contributed by atoms with Gasteiger partial charge in [0.05, 0.1) is 18.8 Å². The molecule has 0 aliphatic heterocycles. The van der Waals surface area contributed by atoms with Crippen molar-refractivity contribution in [2.75, 3.05) is 7.11 Å². The number of nitrogens with zero attached hydrogens (tertiary/aromatic N) is 2. The number of fused-ring (bicyclic) bond motifs is 1. The molecule has 0 radical (unpaired) electrons. The van der Waals surface area contributed by atoms with Gasteiger partial charge in [-0.1, -0.05) is 29.8 Å². The molecule has 20 heavy (non-hydrogen) atoms. The van der Waals surface area contributed by atoms with Gasteiger partial charge in [0.1, 0.15) is 11.5 Å². The fraction of sp³-hybridized carbons (Fsp3) is 0.0667. The van der Waals surface area contributed by atoms with E-state index in [0.29, 0.717) is 16.5 Å². The molecule has 1 aromatic carbocycles. The standard InChI is InChI=1S/C15H11ClN2O2/c1-20-15(19)13-7-3-6-12-9-17-14(18(12)13)10-4-2-5-11(16)8-10/h2-9H,1H3. The Hall–Kier alpha value is -2.33. The fourth-order valence-corrected chi connectivity index (χ4v) is 2.33. The number of pyridine rings is 1. The van der Waals surface area contributed by atoms with Gasteiger partial charge >= 0.3 is 5.97 Å². The minimum atomic E-state index is -0.406. The Morgan fingerprint density at radius 3 is 2.80 bits per heavy atom. The summed E-state index contributed by atoms with van der Waals surface area (Å²) in [6, 6.07) is 12.7. The van der Waals surface area contributed by atoms with Gasteiger partial charge in [-0.15, -0.1) is 0 Å². The van der Waals surface area contributed by atoms with Crippen molar-refractivity contribution in [2.45, 2.75) is 0 Å². The van der Waals surface area contributed by atoms with Crippen LogP contribution in [0, 0.1) is 0 Å². The molecule has 2 aromatic heterocycles. The SMILES string of the molecule is COC(=O)c1cccc2cnc(-c3cccc(Cl)c3)n12. The number of hydrogen-bond acceptors (Lipinski definition) is 3. The molecule has 0 amide bonds. The first-order valence-corrected chi connectivity index (χ1v) is 6.39. The van der Waals surface area contributed by atoms with Crippen LogP contribution in [0.15, 0.2) is 48.7 Å². The molecule has 0 bridgehead atoms. The Morgan fingerprint density at radius 1 is 1.25 bits per heavy atom. The van der Waals surface area contributed by atoms with Crippen molar-refractivity contribution in [1.29, 1.82) is 0 Å². The highest BCUT2D eigenvalue weighted by Crippen LogP contribution is 2.24. The van der Waals surface area contributed by atoms with Crippen LogP contribution in [0.25, 0.3) is 16.9 Å². The van der Waals surface area contributed by atoms with Crippen LogP contribution in [0.5, 0.6) is 0 Å². The number of ether oxygens (including phenoxy) is 1. The molecule has 0 aliphatic rings. The van der Waals surface area contributed by atoms with E-state index in [4.69, 9.17) is 16.3 Å². The fourth-order valence-electron chi connectivity index (χ4n) is 2.14. The van der Waals surface area contributed by atoms with Crippen molar-refractivity contribution in [2.24, 2.45) is 0 Å². The summed E-state index contributed by atoms with van der Waals surface area (Å²) < 4.78 is 6.58. The van der Waals surface area contributed by atoms with E-state index in [9.17, 15) is 4.79 Å². The maximum atomic E-state index is 11.9. The zero-order chi connectivity index (χ0) is 14.1. The number of rotatable bonds is 2. The summed E-state index contributed by atoms with van der Waals surface area (Å²) in [7, 11) is 1.36. The van der Waals surface area contributed by atoms with Crippen molar-refractivity contribution in [3.63, 3.8) is 0 Å². The first kappa shape index (κ1) is 12.7. The third-order valence-corrected chi connectivity index (χ3v) is 3.26. The number of esters is 1. The summed E-state index contributed by atoms with van der Waals surface area (Å²) in [6.07, 6.45) is 1.71. The average molecular weight is 287 g/mol. The van der Waals surface area contributed by atoms with Crippen LogP contribution >= 0.6 is 11.6 Å². The first-order valence-electron chi connectivity index (χ1n) is 6.01. The number of benzene rings is 1. The summed E-state index contributed by atoms with van der Waals surface area (Å²) in [4.78, 5) is 16.3.